The quantitative estimate of drug-likeness (QED) is 0.870. The third kappa shape index (κ3) is 2.64. The highest BCUT2D eigenvalue weighted by atomic mass is 32.1. The maximum absolute atomic E-state index is 11.2. The molecule has 0 aliphatic heterocycles. The summed E-state index contributed by atoms with van der Waals surface area (Å²) in [6.45, 7) is 5.46. The molecule has 2 N–H and O–H groups in total. The number of aliphatic hydroxyl groups is 1. The average Bonchev–Trinajstić information content (AvgIpc) is 2.81. The Balaban J connectivity index is 2.61. The molecule has 7 nitrogen and oxygen atoms in total. The van der Waals surface area contributed by atoms with E-state index in [4.69, 9.17) is 0 Å². The summed E-state index contributed by atoms with van der Waals surface area (Å²) in [4.78, 5) is 16.2. The maximum atomic E-state index is 11.2. The number of carboxylic acid groups (broad SMARTS) is 1. The van der Waals surface area contributed by atoms with Gasteiger partial charge in [-0.2, -0.15) is 0 Å². The van der Waals surface area contributed by atoms with Gasteiger partial charge >= 0.3 is 5.97 Å². The lowest BCUT2D eigenvalue weighted by atomic mass is 10.2. The average molecular weight is 282 g/mol. The number of aryl methyl sites for hydroxylation is 2. The van der Waals surface area contributed by atoms with Gasteiger partial charge in [0.15, 0.2) is 5.69 Å². The predicted molar refractivity (Wildman–Crippen MR) is 69.2 cm³/mol. The van der Waals surface area contributed by atoms with E-state index in [1.54, 1.807) is 6.92 Å². The van der Waals surface area contributed by atoms with Crippen molar-refractivity contribution in [2.24, 2.45) is 0 Å². The van der Waals surface area contributed by atoms with Crippen LogP contribution in [0.15, 0.2) is 0 Å². The van der Waals surface area contributed by atoms with Crippen LogP contribution in [0.3, 0.4) is 0 Å². The number of carbonyl (C=O) groups is 1. The molecule has 0 radical (unpaired) electrons. The highest BCUT2D eigenvalue weighted by Gasteiger charge is 2.24. The standard InChI is InChI=1S/C11H14N4O3S/c1-5(16)4-15-9(8(11(17)18)13-14-15)10-6(2)12-7(3)19-10/h5,16H,4H2,1-3H3,(H,17,18). The summed E-state index contributed by atoms with van der Waals surface area (Å²) in [5.41, 5.74) is 1.02. The predicted octanol–water partition coefficient (Wildman–Crippen LogP) is 1.10. The van der Waals surface area contributed by atoms with Crippen molar-refractivity contribution in [2.45, 2.75) is 33.4 Å². The molecule has 0 saturated heterocycles. The summed E-state index contributed by atoms with van der Waals surface area (Å²) >= 11 is 1.39. The SMILES string of the molecule is Cc1nc(C)c(-c2c(C(=O)O)nnn2CC(C)O)s1. The lowest BCUT2D eigenvalue weighted by Gasteiger charge is -2.07. The van der Waals surface area contributed by atoms with Crippen molar-refractivity contribution in [2.75, 3.05) is 0 Å². The summed E-state index contributed by atoms with van der Waals surface area (Å²) in [6, 6.07) is 0. The molecule has 0 bridgehead atoms. The zero-order valence-corrected chi connectivity index (χ0v) is 11.6. The first-order chi connectivity index (χ1) is 8.90. The second-order valence-electron chi connectivity index (χ2n) is 4.27. The Morgan fingerprint density at radius 2 is 2.16 bits per heavy atom. The number of hydrogen-bond donors (Lipinski definition) is 2. The van der Waals surface area contributed by atoms with Crippen molar-refractivity contribution in [3.05, 3.63) is 16.4 Å². The van der Waals surface area contributed by atoms with Crippen LogP contribution < -0.4 is 0 Å². The molecule has 0 saturated carbocycles. The van der Waals surface area contributed by atoms with Gasteiger partial charge in [0.25, 0.3) is 0 Å². The summed E-state index contributed by atoms with van der Waals surface area (Å²) in [5, 5.41) is 27.0. The number of hydrogen-bond acceptors (Lipinski definition) is 6. The monoisotopic (exact) mass is 282 g/mol. The van der Waals surface area contributed by atoms with Crippen molar-refractivity contribution in [1.29, 1.82) is 0 Å². The van der Waals surface area contributed by atoms with E-state index in [2.05, 4.69) is 15.3 Å². The normalized spacial score (nSPS) is 12.6. The zero-order valence-electron chi connectivity index (χ0n) is 10.8. The van der Waals surface area contributed by atoms with E-state index in [0.29, 0.717) is 5.69 Å². The second-order valence-corrected chi connectivity index (χ2v) is 5.47. The molecular weight excluding hydrogens is 268 g/mol. The molecule has 102 valence electrons. The smallest absolute Gasteiger partial charge is 0.358 e. The van der Waals surface area contributed by atoms with E-state index in [9.17, 15) is 15.0 Å². The molecule has 1 atom stereocenters. The fourth-order valence-electron chi connectivity index (χ4n) is 1.81. The van der Waals surface area contributed by atoms with Gasteiger partial charge in [-0.3, -0.25) is 0 Å². The number of nitrogens with zero attached hydrogens (tertiary/aromatic N) is 4. The first-order valence-electron chi connectivity index (χ1n) is 5.69. The Morgan fingerprint density at radius 1 is 1.47 bits per heavy atom. The minimum atomic E-state index is -1.14. The summed E-state index contributed by atoms with van der Waals surface area (Å²) in [5.74, 6) is -1.14. The van der Waals surface area contributed by atoms with Crippen LogP contribution in [0.2, 0.25) is 0 Å². The Labute approximate surface area is 113 Å². The van der Waals surface area contributed by atoms with Crippen molar-refractivity contribution in [3.63, 3.8) is 0 Å². The molecule has 2 heterocycles. The molecule has 8 heteroatoms. The van der Waals surface area contributed by atoms with Crippen LogP contribution in [0.5, 0.6) is 0 Å². The third-order valence-electron chi connectivity index (χ3n) is 2.49. The van der Waals surface area contributed by atoms with E-state index in [1.807, 2.05) is 13.8 Å². The largest absolute Gasteiger partial charge is 0.476 e. The Bertz CT molecular complexity index is 617. The number of aromatic nitrogens is 4. The van der Waals surface area contributed by atoms with Crippen LogP contribution in [0, 0.1) is 13.8 Å². The molecule has 0 aliphatic carbocycles. The van der Waals surface area contributed by atoms with E-state index in [0.717, 1.165) is 15.6 Å². The number of thiazole rings is 1. The molecular formula is C11H14N4O3S. The zero-order chi connectivity index (χ0) is 14.2. The van der Waals surface area contributed by atoms with Gasteiger partial charge in [0.2, 0.25) is 0 Å². The molecule has 0 aromatic carbocycles. The fraction of sp³-hybridized carbons (Fsp3) is 0.455. The van der Waals surface area contributed by atoms with Crippen LogP contribution in [-0.4, -0.2) is 42.3 Å². The van der Waals surface area contributed by atoms with Crippen molar-refractivity contribution < 1.29 is 15.0 Å². The van der Waals surface area contributed by atoms with Crippen molar-refractivity contribution >= 4 is 17.3 Å². The summed E-state index contributed by atoms with van der Waals surface area (Å²) in [6.07, 6.45) is -0.642. The lowest BCUT2D eigenvalue weighted by Crippen LogP contribution is -2.14. The third-order valence-corrected chi connectivity index (χ3v) is 3.57. The van der Waals surface area contributed by atoms with Gasteiger partial charge in [0, 0.05) is 0 Å². The van der Waals surface area contributed by atoms with Gasteiger partial charge in [-0.25, -0.2) is 14.5 Å². The van der Waals surface area contributed by atoms with Crippen LogP contribution >= 0.6 is 11.3 Å². The van der Waals surface area contributed by atoms with Gasteiger partial charge in [0.05, 0.1) is 28.2 Å². The number of carboxylic acids is 1. The summed E-state index contributed by atoms with van der Waals surface area (Å²) < 4.78 is 1.41. The van der Waals surface area contributed by atoms with E-state index >= 15 is 0 Å². The molecule has 0 fully saturated rings. The first kappa shape index (κ1) is 13.6. The van der Waals surface area contributed by atoms with Gasteiger partial charge in [-0.1, -0.05) is 5.21 Å². The van der Waals surface area contributed by atoms with Gasteiger partial charge < -0.3 is 10.2 Å². The molecule has 2 aromatic rings. The highest BCUT2D eigenvalue weighted by molar-refractivity contribution is 7.15. The number of aromatic carboxylic acids is 1. The number of rotatable bonds is 4. The molecule has 2 rings (SSSR count). The van der Waals surface area contributed by atoms with Crippen LogP contribution in [0.4, 0.5) is 0 Å². The maximum Gasteiger partial charge on any atom is 0.358 e. The molecule has 1 unspecified atom stereocenters. The van der Waals surface area contributed by atoms with Crippen molar-refractivity contribution in [1.82, 2.24) is 20.0 Å². The van der Waals surface area contributed by atoms with Crippen LogP contribution in [0.25, 0.3) is 10.6 Å². The highest BCUT2D eigenvalue weighted by Crippen LogP contribution is 2.31. The van der Waals surface area contributed by atoms with E-state index < -0.39 is 12.1 Å². The minimum absolute atomic E-state index is 0.118. The van der Waals surface area contributed by atoms with Crippen LogP contribution in [-0.2, 0) is 6.54 Å². The first-order valence-corrected chi connectivity index (χ1v) is 6.51. The molecule has 2 aromatic heterocycles. The fourth-order valence-corrected chi connectivity index (χ4v) is 2.78. The minimum Gasteiger partial charge on any atom is -0.476 e. The Hall–Kier alpha value is -1.80. The van der Waals surface area contributed by atoms with Gasteiger partial charge in [-0.05, 0) is 20.8 Å². The molecule has 0 aliphatic rings. The summed E-state index contributed by atoms with van der Waals surface area (Å²) in [7, 11) is 0. The van der Waals surface area contributed by atoms with Crippen molar-refractivity contribution in [3.8, 4) is 10.6 Å². The van der Waals surface area contributed by atoms with E-state index in [-0.39, 0.29) is 12.2 Å². The molecule has 19 heavy (non-hydrogen) atoms. The van der Waals surface area contributed by atoms with Gasteiger partial charge in [0.1, 0.15) is 5.69 Å². The molecule has 0 spiro atoms. The number of aliphatic hydroxyl groups excluding tert-OH is 1. The van der Waals surface area contributed by atoms with Crippen LogP contribution in [0.1, 0.15) is 28.1 Å². The van der Waals surface area contributed by atoms with Gasteiger partial charge in [-0.15, -0.1) is 16.4 Å². The lowest BCUT2D eigenvalue weighted by molar-refractivity contribution is 0.0691. The Kier molecular flexibility index (Phi) is 3.63. The topological polar surface area (TPSA) is 101 Å². The second kappa shape index (κ2) is 5.06. The van der Waals surface area contributed by atoms with E-state index in [1.165, 1.54) is 16.0 Å². The molecule has 0 amide bonds. The Morgan fingerprint density at radius 3 is 2.63 bits per heavy atom.